The van der Waals surface area contributed by atoms with E-state index in [9.17, 15) is 14.0 Å². The predicted molar refractivity (Wildman–Crippen MR) is 106 cm³/mol. The molecule has 0 saturated heterocycles. The van der Waals surface area contributed by atoms with E-state index in [1.54, 1.807) is 42.5 Å². The number of aromatic nitrogens is 1. The van der Waals surface area contributed by atoms with Crippen LogP contribution >= 0.6 is 0 Å². The number of fused-ring (bicyclic) bond motifs is 1. The highest BCUT2D eigenvalue weighted by atomic mass is 19.1. The highest BCUT2D eigenvalue weighted by molar-refractivity contribution is 6.06. The van der Waals surface area contributed by atoms with Gasteiger partial charge in [-0.1, -0.05) is 24.3 Å². The Morgan fingerprint density at radius 1 is 1.14 bits per heavy atom. The lowest BCUT2D eigenvalue weighted by atomic mass is 10.0. The number of pyridine rings is 1. The molecule has 146 valence electrons. The van der Waals surface area contributed by atoms with Gasteiger partial charge in [-0.15, -0.1) is 0 Å². The van der Waals surface area contributed by atoms with Crippen molar-refractivity contribution < 1.29 is 18.7 Å². The molecule has 1 aliphatic heterocycles. The molecule has 6 nitrogen and oxygen atoms in total. The lowest BCUT2D eigenvalue weighted by Crippen LogP contribution is -2.19. The highest BCUT2D eigenvalue weighted by Crippen LogP contribution is 2.27. The van der Waals surface area contributed by atoms with Gasteiger partial charge in [0.05, 0.1) is 0 Å². The van der Waals surface area contributed by atoms with Crippen molar-refractivity contribution in [3.8, 4) is 5.88 Å². The highest BCUT2D eigenvalue weighted by Gasteiger charge is 2.18. The van der Waals surface area contributed by atoms with Crippen molar-refractivity contribution in [2.45, 2.75) is 19.4 Å². The molecule has 1 aliphatic rings. The van der Waals surface area contributed by atoms with Crippen molar-refractivity contribution in [1.82, 2.24) is 4.98 Å². The van der Waals surface area contributed by atoms with Crippen molar-refractivity contribution in [2.75, 3.05) is 10.6 Å². The molecular weight excluding hydrogens is 373 g/mol. The third-order valence-electron chi connectivity index (χ3n) is 4.60. The predicted octanol–water partition coefficient (Wildman–Crippen LogP) is 3.94. The number of nitrogens with one attached hydrogen (secondary N) is 2. The lowest BCUT2D eigenvalue weighted by Gasteiger charge is -2.18. The summed E-state index contributed by atoms with van der Waals surface area (Å²) >= 11 is 0. The number of anilines is 2. The van der Waals surface area contributed by atoms with Gasteiger partial charge in [0.2, 0.25) is 11.8 Å². The van der Waals surface area contributed by atoms with Gasteiger partial charge in [-0.2, -0.15) is 0 Å². The fourth-order valence-electron chi connectivity index (χ4n) is 3.09. The molecule has 0 saturated carbocycles. The normalized spacial score (nSPS) is 12.7. The van der Waals surface area contributed by atoms with Crippen LogP contribution < -0.4 is 15.4 Å². The Kier molecular flexibility index (Phi) is 5.20. The molecule has 0 aliphatic carbocycles. The van der Waals surface area contributed by atoms with Crippen molar-refractivity contribution >= 4 is 23.2 Å². The summed E-state index contributed by atoms with van der Waals surface area (Å²) in [7, 11) is 0. The van der Waals surface area contributed by atoms with E-state index in [-0.39, 0.29) is 29.8 Å². The molecule has 0 fully saturated rings. The SMILES string of the molecule is O=C1CCc2ccc(NC(=O)c3cccnc3OCc3ccccc3F)cc2N1. The maximum absolute atomic E-state index is 13.8. The Morgan fingerprint density at radius 3 is 2.86 bits per heavy atom. The van der Waals surface area contributed by atoms with E-state index in [1.165, 1.54) is 12.3 Å². The summed E-state index contributed by atoms with van der Waals surface area (Å²) in [5.74, 6) is -0.731. The largest absolute Gasteiger partial charge is 0.472 e. The number of halogens is 1. The monoisotopic (exact) mass is 391 g/mol. The van der Waals surface area contributed by atoms with Crippen molar-refractivity contribution in [3.05, 3.63) is 83.3 Å². The fraction of sp³-hybridized carbons (Fsp3) is 0.136. The number of ether oxygens (including phenoxy) is 1. The third kappa shape index (κ3) is 4.24. The van der Waals surface area contributed by atoms with Crippen LogP contribution in [-0.2, 0) is 17.8 Å². The number of amides is 2. The average molecular weight is 391 g/mol. The van der Waals surface area contributed by atoms with E-state index >= 15 is 0 Å². The molecule has 7 heteroatoms. The molecule has 2 amide bonds. The van der Waals surface area contributed by atoms with Gasteiger partial charge in [-0.05, 0) is 42.3 Å². The maximum Gasteiger partial charge on any atom is 0.261 e. The van der Waals surface area contributed by atoms with E-state index < -0.39 is 5.91 Å². The molecule has 0 unspecified atom stereocenters. The molecule has 2 aromatic carbocycles. The molecular formula is C22H18FN3O3. The Balaban J connectivity index is 1.50. The van der Waals surface area contributed by atoms with E-state index in [4.69, 9.17) is 4.74 Å². The van der Waals surface area contributed by atoms with Crippen LogP contribution in [0.5, 0.6) is 5.88 Å². The first-order chi connectivity index (χ1) is 14.1. The van der Waals surface area contributed by atoms with Crippen LogP contribution in [0.3, 0.4) is 0 Å². The molecule has 0 bridgehead atoms. The first-order valence-corrected chi connectivity index (χ1v) is 9.15. The first-order valence-electron chi connectivity index (χ1n) is 9.15. The third-order valence-corrected chi connectivity index (χ3v) is 4.60. The molecule has 2 heterocycles. The van der Waals surface area contributed by atoms with Crippen LogP contribution in [-0.4, -0.2) is 16.8 Å². The van der Waals surface area contributed by atoms with E-state index in [1.807, 2.05) is 6.07 Å². The number of rotatable bonds is 5. The zero-order chi connectivity index (χ0) is 20.2. The summed E-state index contributed by atoms with van der Waals surface area (Å²) in [6, 6.07) is 14.9. The van der Waals surface area contributed by atoms with E-state index in [0.717, 1.165) is 5.56 Å². The summed E-state index contributed by atoms with van der Waals surface area (Å²) in [4.78, 5) is 28.4. The number of carbonyl (C=O) groups is 2. The van der Waals surface area contributed by atoms with Gasteiger partial charge in [0, 0.05) is 29.6 Å². The summed E-state index contributed by atoms with van der Waals surface area (Å²) in [6.45, 7) is -0.0468. The molecule has 3 aromatic rings. The first kappa shape index (κ1) is 18.6. The summed E-state index contributed by atoms with van der Waals surface area (Å²) in [5.41, 5.74) is 2.86. The van der Waals surface area contributed by atoms with Crippen molar-refractivity contribution in [1.29, 1.82) is 0 Å². The standard InChI is InChI=1S/C22H18FN3O3/c23-18-6-2-1-4-15(18)13-29-22-17(5-3-11-24-22)21(28)25-16-9-7-14-8-10-20(27)26-19(14)12-16/h1-7,9,11-12H,8,10,13H2,(H,25,28)(H,26,27). The zero-order valence-corrected chi connectivity index (χ0v) is 15.4. The molecule has 0 radical (unpaired) electrons. The van der Waals surface area contributed by atoms with Crippen LogP contribution in [0.25, 0.3) is 0 Å². The molecule has 1 aromatic heterocycles. The van der Waals surface area contributed by atoms with Crippen LogP contribution in [0.2, 0.25) is 0 Å². The zero-order valence-electron chi connectivity index (χ0n) is 15.4. The molecule has 4 rings (SSSR count). The summed E-state index contributed by atoms with van der Waals surface area (Å²) in [6.07, 6.45) is 2.63. The van der Waals surface area contributed by atoms with Crippen LogP contribution in [0, 0.1) is 5.82 Å². The van der Waals surface area contributed by atoms with Crippen LogP contribution in [0.4, 0.5) is 15.8 Å². The van der Waals surface area contributed by atoms with Crippen LogP contribution in [0.1, 0.15) is 27.9 Å². The average Bonchev–Trinajstić information content (AvgIpc) is 2.73. The van der Waals surface area contributed by atoms with Gasteiger partial charge in [0.15, 0.2) is 0 Å². The Bertz CT molecular complexity index is 1080. The minimum atomic E-state index is -0.413. The molecule has 0 spiro atoms. The maximum atomic E-state index is 13.8. The number of hydrogen-bond donors (Lipinski definition) is 2. The number of carbonyl (C=O) groups excluding carboxylic acids is 2. The number of nitrogens with zero attached hydrogens (tertiary/aromatic N) is 1. The van der Waals surface area contributed by atoms with Gasteiger partial charge in [0.25, 0.3) is 5.91 Å². The minimum absolute atomic E-state index is 0.0444. The van der Waals surface area contributed by atoms with Crippen molar-refractivity contribution in [3.63, 3.8) is 0 Å². The molecule has 2 N–H and O–H groups in total. The lowest BCUT2D eigenvalue weighted by molar-refractivity contribution is -0.116. The second kappa shape index (κ2) is 8.10. The van der Waals surface area contributed by atoms with E-state index in [2.05, 4.69) is 15.6 Å². The van der Waals surface area contributed by atoms with Gasteiger partial charge in [0.1, 0.15) is 18.0 Å². The second-order valence-corrected chi connectivity index (χ2v) is 6.61. The second-order valence-electron chi connectivity index (χ2n) is 6.61. The van der Waals surface area contributed by atoms with E-state index in [0.29, 0.717) is 29.8 Å². The number of aryl methyl sites for hydroxylation is 1. The van der Waals surface area contributed by atoms with Gasteiger partial charge < -0.3 is 15.4 Å². The molecule has 0 atom stereocenters. The number of benzene rings is 2. The topological polar surface area (TPSA) is 80.3 Å². The van der Waals surface area contributed by atoms with Gasteiger partial charge in [-0.25, -0.2) is 9.37 Å². The van der Waals surface area contributed by atoms with Crippen LogP contribution in [0.15, 0.2) is 60.8 Å². The summed E-state index contributed by atoms with van der Waals surface area (Å²) < 4.78 is 19.4. The molecule has 29 heavy (non-hydrogen) atoms. The number of hydrogen-bond acceptors (Lipinski definition) is 4. The van der Waals surface area contributed by atoms with Gasteiger partial charge >= 0.3 is 0 Å². The van der Waals surface area contributed by atoms with Crippen molar-refractivity contribution in [2.24, 2.45) is 0 Å². The Labute approximate surface area is 166 Å². The quantitative estimate of drug-likeness (QED) is 0.690. The Morgan fingerprint density at radius 2 is 2.00 bits per heavy atom. The Hall–Kier alpha value is -3.74. The summed E-state index contributed by atoms with van der Waals surface area (Å²) in [5, 5.41) is 5.59. The smallest absolute Gasteiger partial charge is 0.261 e. The fourth-order valence-corrected chi connectivity index (χ4v) is 3.09. The minimum Gasteiger partial charge on any atom is -0.472 e. The van der Waals surface area contributed by atoms with Gasteiger partial charge in [-0.3, -0.25) is 9.59 Å².